The van der Waals surface area contributed by atoms with E-state index in [0.29, 0.717) is 5.02 Å². The fraction of sp³-hybridized carbons (Fsp3) is 0.182. The van der Waals surface area contributed by atoms with E-state index in [9.17, 15) is 4.79 Å². The Kier molecular flexibility index (Phi) is 4.60. The van der Waals surface area contributed by atoms with Crippen molar-refractivity contribution in [1.29, 1.82) is 0 Å². The van der Waals surface area contributed by atoms with Crippen LogP contribution >= 0.6 is 34.2 Å². The lowest BCUT2D eigenvalue weighted by atomic mass is 10.1. The third kappa shape index (κ3) is 3.50. The molecule has 0 aliphatic heterocycles. The number of halogens is 2. The number of rotatable bonds is 2. The summed E-state index contributed by atoms with van der Waals surface area (Å²) in [6.07, 6.45) is 3.08. The summed E-state index contributed by atoms with van der Waals surface area (Å²) >= 11 is 8.15. The van der Waals surface area contributed by atoms with E-state index in [0.717, 1.165) is 14.7 Å². The minimum Gasteiger partial charge on any atom is -0.466 e. The molecule has 0 atom stereocenters. The van der Waals surface area contributed by atoms with E-state index in [1.54, 1.807) is 6.08 Å². The zero-order chi connectivity index (χ0) is 11.4. The maximum Gasteiger partial charge on any atom is 0.330 e. The predicted molar refractivity (Wildman–Crippen MR) is 70.0 cm³/mol. The van der Waals surface area contributed by atoms with Gasteiger partial charge in [0.25, 0.3) is 0 Å². The van der Waals surface area contributed by atoms with Crippen molar-refractivity contribution in [2.45, 2.75) is 6.92 Å². The summed E-state index contributed by atoms with van der Waals surface area (Å²) < 4.78 is 5.51. The van der Waals surface area contributed by atoms with Crippen molar-refractivity contribution >= 4 is 46.2 Å². The van der Waals surface area contributed by atoms with Crippen LogP contribution in [0.3, 0.4) is 0 Å². The molecule has 80 valence electrons. The zero-order valence-electron chi connectivity index (χ0n) is 8.38. The minimum absolute atomic E-state index is 0.371. The van der Waals surface area contributed by atoms with E-state index in [4.69, 9.17) is 11.6 Å². The van der Waals surface area contributed by atoms with Crippen molar-refractivity contribution in [3.63, 3.8) is 0 Å². The minimum atomic E-state index is -0.371. The first kappa shape index (κ1) is 12.5. The van der Waals surface area contributed by atoms with Gasteiger partial charge in [-0.1, -0.05) is 11.6 Å². The number of aryl methyl sites for hydroxylation is 1. The molecule has 1 aromatic carbocycles. The lowest BCUT2D eigenvalue weighted by Gasteiger charge is -2.03. The Labute approximate surface area is 107 Å². The van der Waals surface area contributed by atoms with Crippen molar-refractivity contribution in [3.8, 4) is 0 Å². The fourth-order valence-corrected chi connectivity index (χ4v) is 1.86. The van der Waals surface area contributed by atoms with Crippen LogP contribution in [0.5, 0.6) is 0 Å². The molecule has 0 saturated carbocycles. The molecule has 0 aromatic heterocycles. The molecule has 1 rings (SSSR count). The monoisotopic (exact) mass is 336 g/mol. The molecular weight excluding hydrogens is 326 g/mol. The van der Waals surface area contributed by atoms with E-state index < -0.39 is 0 Å². The number of esters is 1. The first-order valence-electron chi connectivity index (χ1n) is 4.26. The van der Waals surface area contributed by atoms with Crippen LogP contribution in [0.2, 0.25) is 5.02 Å². The standard InChI is InChI=1S/C11H10ClIO2/c1-7-5-10(13)9(12)6-8(7)3-4-11(14)15-2/h3-6H,1-2H3. The van der Waals surface area contributed by atoms with Crippen LogP contribution in [0, 0.1) is 10.5 Å². The SMILES string of the molecule is COC(=O)C=Cc1cc(Cl)c(I)cc1C. The molecule has 0 bridgehead atoms. The molecule has 1 aromatic rings. The van der Waals surface area contributed by atoms with Crippen molar-refractivity contribution in [2.24, 2.45) is 0 Å². The van der Waals surface area contributed by atoms with Crippen molar-refractivity contribution in [2.75, 3.05) is 7.11 Å². The number of carbonyl (C=O) groups is 1. The average molecular weight is 337 g/mol. The third-order valence-electron chi connectivity index (χ3n) is 1.91. The number of benzene rings is 1. The predicted octanol–water partition coefficient (Wildman–Crippen LogP) is 3.44. The Morgan fingerprint density at radius 1 is 1.53 bits per heavy atom. The highest BCUT2D eigenvalue weighted by Crippen LogP contribution is 2.23. The lowest BCUT2D eigenvalue weighted by molar-refractivity contribution is -0.134. The highest BCUT2D eigenvalue weighted by atomic mass is 127. The molecular formula is C11H10ClIO2. The first-order chi connectivity index (χ1) is 7.04. The molecule has 0 radical (unpaired) electrons. The number of carbonyl (C=O) groups excluding carboxylic acids is 1. The van der Waals surface area contributed by atoms with E-state index in [-0.39, 0.29) is 5.97 Å². The Bertz CT molecular complexity index is 413. The molecule has 2 nitrogen and oxygen atoms in total. The zero-order valence-corrected chi connectivity index (χ0v) is 11.3. The number of methoxy groups -OCH3 is 1. The fourth-order valence-electron chi connectivity index (χ4n) is 1.07. The van der Waals surface area contributed by atoms with Crippen molar-refractivity contribution in [3.05, 3.63) is 37.9 Å². The third-order valence-corrected chi connectivity index (χ3v) is 3.43. The molecule has 0 fully saturated rings. The van der Waals surface area contributed by atoms with Gasteiger partial charge in [0.2, 0.25) is 0 Å². The van der Waals surface area contributed by atoms with Gasteiger partial charge < -0.3 is 4.74 Å². The number of hydrogen-bond acceptors (Lipinski definition) is 2. The molecule has 0 amide bonds. The summed E-state index contributed by atoms with van der Waals surface area (Å²) in [5, 5.41) is 0.686. The summed E-state index contributed by atoms with van der Waals surface area (Å²) in [5.74, 6) is -0.371. The molecule has 4 heteroatoms. The molecule has 0 saturated heterocycles. The maximum atomic E-state index is 10.9. The summed E-state index contributed by atoms with van der Waals surface area (Å²) in [4.78, 5) is 10.9. The molecule has 0 heterocycles. The van der Waals surface area contributed by atoms with Gasteiger partial charge in [-0.25, -0.2) is 4.79 Å². The van der Waals surface area contributed by atoms with Crippen LogP contribution in [0.15, 0.2) is 18.2 Å². The second-order valence-electron chi connectivity index (χ2n) is 2.98. The highest BCUT2D eigenvalue weighted by molar-refractivity contribution is 14.1. The molecule has 0 unspecified atom stereocenters. The topological polar surface area (TPSA) is 26.3 Å². The van der Waals surface area contributed by atoms with Crippen LogP contribution in [0.25, 0.3) is 6.08 Å². The van der Waals surface area contributed by atoms with E-state index in [1.807, 2.05) is 19.1 Å². The number of ether oxygens (including phenoxy) is 1. The van der Waals surface area contributed by atoms with Gasteiger partial charge in [0.05, 0.1) is 12.1 Å². The summed E-state index contributed by atoms with van der Waals surface area (Å²) in [7, 11) is 1.35. The van der Waals surface area contributed by atoms with Gasteiger partial charge in [-0.05, 0) is 58.9 Å². The molecule has 0 aliphatic rings. The summed E-state index contributed by atoms with van der Waals surface area (Å²) in [6, 6.07) is 3.80. The maximum absolute atomic E-state index is 10.9. The van der Waals surface area contributed by atoms with Crippen molar-refractivity contribution < 1.29 is 9.53 Å². The van der Waals surface area contributed by atoms with Gasteiger partial charge >= 0.3 is 5.97 Å². The van der Waals surface area contributed by atoms with Crippen LogP contribution < -0.4 is 0 Å². The molecule has 0 N–H and O–H groups in total. The van der Waals surface area contributed by atoms with E-state index >= 15 is 0 Å². The Hall–Kier alpha value is -0.550. The Morgan fingerprint density at radius 2 is 2.20 bits per heavy atom. The number of hydrogen-bond donors (Lipinski definition) is 0. The van der Waals surface area contributed by atoms with Gasteiger partial charge in [-0.2, -0.15) is 0 Å². The van der Waals surface area contributed by atoms with Crippen LogP contribution in [-0.4, -0.2) is 13.1 Å². The average Bonchev–Trinajstić information content (AvgIpc) is 2.21. The normalized spacial score (nSPS) is 10.7. The van der Waals surface area contributed by atoms with E-state index in [2.05, 4.69) is 27.3 Å². The first-order valence-corrected chi connectivity index (χ1v) is 5.72. The highest BCUT2D eigenvalue weighted by Gasteiger charge is 2.02. The van der Waals surface area contributed by atoms with Gasteiger partial charge in [0.1, 0.15) is 0 Å². The van der Waals surface area contributed by atoms with Gasteiger partial charge in [-0.3, -0.25) is 0 Å². The molecule has 0 spiro atoms. The largest absolute Gasteiger partial charge is 0.466 e. The summed E-state index contributed by atoms with van der Waals surface area (Å²) in [5.41, 5.74) is 2.00. The van der Waals surface area contributed by atoms with Crippen LogP contribution in [0.4, 0.5) is 0 Å². The van der Waals surface area contributed by atoms with Gasteiger partial charge in [0, 0.05) is 9.65 Å². The Morgan fingerprint density at radius 3 is 2.80 bits per heavy atom. The van der Waals surface area contributed by atoms with Gasteiger partial charge in [0.15, 0.2) is 0 Å². The molecule has 15 heavy (non-hydrogen) atoms. The molecule has 0 aliphatic carbocycles. The Balaban J connectivity index is 3.00. The second-order valence-corrected chi connectivity index (χ2v) is 4.55. The van der Waals surface area contributed by atoms with Gasteiger partial charge in [-0.15, -0.1) is 0 Å². The van der Waals surface area contributed by atoms with Crippen LogP contribution in [-0.2, 0) is 9.53 Å². The lowest BCUT2D eigenvalue weighted by Crippen LogP contribution is -1.94. The summed E-state index contributed by atoms with van der Waals surface area (Å²) in [6.45, 7) is 1.97. The van der Waals surface area contributed by atoms with E-state index in [1.165, 1.54) is 13.2 Å². The quantitative estimate of drug-likeness (QED) is 0.470. The van der Waals surface area contributed by atoms with Crippen molar-refractivity contribution in [1.82, 2.24) is 0 Å². The van der Waals surface area contributed by atoms with Crippen LogP contribution in [0.1, 0.15) is 11.1 Å². The smallest absolute Gasteiger partial charge is 0.330 e. The second kappa shape index (κ2) is 5.51.